The number of thioether (sulfide) groups is 1. The molecule has 0 radical (unpaired) electrons. The van der Waals surface area contributed by atoms with Crippen LogP contribution in [-0.4, -0.2) is 42.1 Å². The molecule has 2 aliphatic rings. The summed E-state index contributed by atoms with van der Waals surface area (Å²) >= 11 is 1.59. The summed E-state index contributed by atoms with van der Waals surface area (Å²) in [4.78, 5) is 14.0. The van der Waals surface area contributed by atoms with E-state index < -0.39 is 0 Å². The van der Waals surface area contributed by atoms with Gasteiger partial charge in [0, 0.05) is 30.5 Å². The topological polar surface area (TPSA) is 53.3 Å². The molecule has 5 heteroatoms. The summed E-state index contributed by atoms with van der Waals surface area (Å²) in [5.74, 6) is 0.463. The van der Waals surface area contributed by atoms with E-state index in [0.29, 0.717) is 0 Å². The fourth-order valence-corrected chi connectivity index (χ4v) is 3.94. The van der Waals surface area contributed by atoms with Gasteiger partial charge in [-0.05, 0) is 12.8 Å². The molecule has 2 atom stereocenters. The minimum Gasteiger partial charge on any atom is -0.468 e. The average molecular weight is 266 g/mol. The number of ether oxygens (including phenoxy) is 1. The molecule has 18 heavy (non-hydrogen) atoms. The quantitative estimate of drug-likeness (QED) is 0.713. The summed E-state index contributed by atoms with van der Waals surface area (Å²) < 4.78 is 4.81. The van der Waals surface area contributed by atoms with Gasteiger partial charge in [0.1, 0.15) is 5.25 Å². The summed E-state index contributed by atoms with van der Waals surface area (Å²) in [5, 5.41) is 9.13. The van der Waals surface area contributed by atoms with E-state index in [1.807, 2.05) is 6.92 Å². The van der Waals surface area contributed by atoms with Gasteiger partial charge in [-0.15, -0.1) is 11.8 Å². The Kier molecular flexibility index (Phi) is 4.18. The summed E-state index contributed by atoms with van der Waals surface area (Å²) in [6.07, 6.45) is 2.39. The Bertz CT molecular complexity index is 408. The highest BCUT2D eigenvalue weighted by molar-refractivity contribution is 8.00. The van der Waals surface area contributed by atoms with E-state index in [9.17, 15) is 10.1 Å². The number of hydrogen-bond donors (Lipinski definition) is 0. The maximum absolute atomic E-state index is 11.7. The molecule has 0 unspecified atom stereocenters. The molecule has 4 nitrogen and oxygen atoms in total. The Morgan fingerprint density at radius 2 is 2.17 bits per heavy atom. The normalized spacial score (nSPS) is 28.2. The molecule has 0 aromatic rings. The monoisotopic (exact) mass is 266 g/mol. The van der Waals surface area contributed by atoms with Gasteiger partial charge in [-0.1, -0.05) is 6.92 Å². The standard InChI is InChI=1S/C13H18N2O2S/c1-9-10(7-14)11(15-5-3-4-6-15)8-18-12(9)13(16)17-2/h9,12H,3-6,8H2,1-2H3/t9-,12+/m1/s1. The van der Waals surface area contributed by atoms with Crippen LogP contribution in [0, 0.1) is 17.2 Å². The van der Waals surface area contributed by atoms with Crippen LogP contribution in [0.1, 0.15) is 19.8 Å². The first-order valence-electron chi connectivity index (χ1n) is 6.26. The zero-order valence-electron chi connectivity index (χ0n) is 10.8. The highest BCUT2D eigenvalue weighted by Crippen LogP contribution is 2.37. The molecule has 1 saturated heterocycles. The van der Waals surface area contributed by atoms with Crippen LogP contribution in [0.15, 0.2) is 11.3 Å². The second-order valence-electron chi connectivity index (χ2n) is 4.71. The van der Waals surface area contributed by atoms with Gasteiger partial charge in [0.25, 0.3) is 0 Å². The van der Waals surface area contributed by atoms with E-state index in [1.165, 1.54) is 20.0 Å². The van der Waals surface area contributed by atoms with E-state index in [1.54, 1.807) is 11.8 Å². The van der Waals surface area contributed by atoms with Gasteiger partial charge in [-0.2, -0.15) is 5.26 Å². The first-order valence-corrected chi connectivity index (χ1v) is 7.31. The summed E-state index contributed by atoms with van der Waals surface area (Å²) in [7, 11) is 1.40. The van der Waals surface area contributed by atoms with Crippen molar-refractivity contribution in [3.8, 4) is 6.07 Å². The van der Waals surface area contributed by atoms with E-state index >= 15 is 0 Å². The van der Waals surface area contributed by atoms with Crippen molar-refractivity contribution in [2.45, 2.75) is 25.0 Å². The summed E-state index contributed by atoms with van der Waals surface area (Å²) in [5.41, 5.74) is 1.90. The van der Waals surface area contributed by atoms with Crippen molar-refractivity contribution >= 4 is 17.7 Å². The lowest BCUT2D eigenvalue weighted by Crippen LogP contribution is -2.35. The Morgan fingerprint density at radius 1 is 1.50 bits per heavy atom. The molecule has 0 N–H and O–H groups in total. The number of nitrogens with zero attached hydrogens (tertiary/aromatic N) is 2. The molecule has 1 fully saturated rings. The van der Waals surface area contributed by atoms with Crippen LogP contribution in [0.3, 0.4) is 0 Å². The third kappa shape index (κ3) is 2.35. The predicted molar refractivity (Wildman–Crippen MR) is 70.9 cm³/mol. The molecule has 0 aromatic carbocycles. The van der Waals surface area contributed by atoms with Crippen molar-refractivity contribution in [1.82, 2.24) is 4.90 Å². The lowest BCUT2D eigenvalue weighted by atomic mass is 9.95. The van der Waals surface area contributed by atoms with Gasteiger partial charge < -0.3 is 9.64 Å². The van der Waals surface area contributed by atoms with Gasteiger partial charge in [0.05, 0.1) is 18.8 Å². The largest absolute Gasteiger partial charge is 0.468 e. The molecule has 2 aliphatic heterocycles. The molecule has 0 aromatic heterocycles. The Labute approximate surface area is 112 Å². The number of likely N-dealkylation sites (tertiary alicyclic amines) is 1. The maximum Gasteiger partial charge on any atom is 0.319 e. The van der Waals surface area contributed by atoms with Gasteiger partial charge in [-0.25, -0.2) is 0 Å². The second-order valence-corrected chi connectivity index (χ2v) is 5.84. The highest BCUT2D eigenvalue weighted by Gasteiger charge is 2.36. The van der Waals surface area contributed by atoms with Gasteiger partial charge in [0.15, 0.2) is 0 Å². The van der Waals surface area contributed by atoms with Crippen molar-refractivity contribution in [2.24, 2.45) is 5.92 Å². The number of rotatable bonds is 2. The van der Waals surface area contributed by atoms with Crippen molar-refractivity contribution in [2.75, 3.05) is 26.0 Å². The van der Waals surface area contributed by atoms with Crippen molar-refractivity contribution in [3.63, 3.8) is 0 Å². The van der Waals surface area contributed by atoms with Gasteiger partial charge in [0.2, 0.25) is 0 Å². The third-order valence-electron chi connectivity index (χ3n) is 3.66. The van der Waals surface area contributed by atoms with Crippen LogP contribution in [-0.2, 0) is 9.53 Å². The number of methoxy groups -OCH3 is 1. The molecule has 2 heterocycles. The minimum atomic E-state index is -0.240. The fourth-order valence-electron chi connectivity index (χ4n) is 2.61. The lowest BCUT2D eigenvalue weighted by molar-refractivity contribution is -0.140. The third-order valence-corrected chi connectivity index (χ3v) is 5.06. The maximum atomic E-state index is 11.7. The molecule has 0 spiro atoms. The minimum absolute atomic E-state index is 0.0585. The fraction of sp³-hybridized carbons (Fsp3) is 0.692. The second kappa shape index (κ2) is 5.66. The molecule has 0 amide bonds. The first kappa shape index (κ1) is 13.3. The average Bonchev–Trinajstić information content (AvgIpc) is 2.91. The lowest BCUT2D eigenvalue weighted by Gasteiger charge is -2.32. The number of allylic oxidation sites excluding steroid dienone is 1. The molecule has 0 saturated carbocycles. The molecular formula is C13H18N2O2S. The molecular weight excluding hydrogens is 248 g/mol. The molecule has 98 valence electrons. The zero-order chi connectivity index (χ0) is 13.1. The van der Waals surface area contributed by atoms with Crippen LogP contribution in [0.25, 0.3) is 0 Å². The van der Waals surface area contributed by atoms with Crippen LogP contribution in [0.4, 0.5) is 0 Å². The van der Waals surface area contributed by atoms with Crippen molar-refractivity contribution < 1.29 is 9.53 Å². The Morgan fingerprint density at radius 3 is 2.72 bits per heavy atom. The summed E-state index contributed by atoms with van der Waals surface area (Å²) in [6.45, 7) is 4.02. The Balaban J connectivity index is 2.24. The number of carbonyl (C=O) groups is 1. The number of esters is 1. The van der Waals surface area contributed by atoms with Crippen LogP contribution >= 0.6 is 11.8 Å². The number of nitriles is 1. The van der Waals surface area contributed by atoms with Crippen LogP contribution < -0.4 is 0 Å². The SMILES string of the molecule is COC(=O)[C@H]1SCC(N2CCCC2)=C(C#N)[C@H]1C. The van der Waals surface area contributed by atoms with E-state index in [2.05, 4.69) is 11.0 Å². The summed E-state index contributed by atoms with van der Waals surface area (Å²) in [6, 6.07) is 2.31. The predicted octanol–water partition coefficient (Wildman–Crippen LogP) is 1.78. The number of hydrogen-bond acceptors (Lipinski definition) is 5. The highest BCUT2D eigenvalue weighted by atomic mass is 32.2. The van der Waals surface area contributed by atoms with Crippen molar-refractivity contribution in [1.29, 1.82) is 5.26 Å². The van der Waals surface area contributed by atoms with E-state index in [0.717, 1.165) is 30.1 Å². The van der Waals surface area contributed by atoms with Crippen LogP contribution in [0.5, 0.6) is 0 Å². The first-order chi connectivity index (χ1) is 8.69. The molecule has 2 rings (SSSR count). The Hall–Kier alpha value is -1.15. The van der Waals surface area contributed by atoms with E-state index in [4.69, 9.17) is 4.74 Å². The van der Waals surface area contributed by atoms with Gasteiger partial charge in [-0.3, -0.25) is 4.79 Å². The van der Waals surface area contributed by atoms with Gasteiger partial charge >= 0.3 is 5.97 Å². The number of carbonyl (C=O) groups excluding carboxylic acids is 1. The molecule has 0 aliphatic carbocycles. The van der Waals surface area contributed by atoms with Crippen LogP contribution in [0.2, 0.25) is 0 Å². The van der Waals surface area contributed by atoms with Crippen molar-refractivity contribution in [3.05, 3.63) is 11.3 Å². The molecule has 0 bridgehead atoms. The zero-order valence-corrected chi connectivity index (χ0v) is 11.6. The smallest absolute Gasteiger partial charge is 0.319 e. The van der Waals surface area contributed by atoms with E-state index in [-0.39, 0.29) is 17.1 Å².